The zero-order chi connectivity index (χ0) is 15.1. The number of rotatable bonds is 4. The smallest absolute Gasteiger partial charge is 0.241 e. The predicted octanol–water partition coefficient (Wildman–Crippen LogP) is 2.08. The first kappa shape index (κ1) is 15.5. The van der Waals surface area contributed by atoms with Gasteiger partial charge in [-0.2, -0.15) is 0 Å². The highest BCUT2D eigenvalue weighted by atomic mass is 32.2. The maximum Gasteiger partial charge on any atom is 0.241 e. The molecule has 1 fully saturated rings. The van der Waals surface area contributed by atoms with E-state index in [0.717, 1.165) is 41.5 Å². The second-order valence-corrected chi connectivity index (χ2v) is 7.83. The van der Waals surface area contributed by atoms with E-state index in [1.54, 1.807) is 0 Å². The van der Waals surface area contributed by atoms with Crippen LogP contribution in [0, 0.1) is 27.7 Å². The molecule has 4 nitrogen and oxygen atoms in total. The van der Waals surface area contributed by atoms with Gasteiger partial charge < -0.3 is 5.73 Å². The lowest BCUT2D eigenvalue weighted by molar-refractivity contribution is 0.251. The van der Waals surface area contributed by atoms with Crippen LogP contribution in [-0.2, 0) is 10.0 Å². The minimum Gasteiger partial charge on any atom is -0.324 e. The van der Waals surface area contributed by atoms with Crippen LogP contribution in [0.5, 0.6) is 0 Å². The first-order valence-corrected chi connectivity index (χ1v) is 8.50. The van der Waals surface area contributed by atoms with E-state index in [4.69, 9.17) is 5.73 Å². The van der Waals surface area contributed by atoms with Gasteiger partial charge in [0.2, 0.25) is 10.0 Å². The van der Waals surface area contributed by atoms with Crippen LogP contribution < -0.4 is 10.5 Å². The monoisotopic (exact) mass is 296 g/mol. The Morgan fingerprint density at radius 1 is 1.15 bits per heavy atom. The molecule has 0 unspecified atom stereocenters. The number of benzene rings is 1. The van der Waals surface area contributed by atoms with Crippen LogP contribution >= 0.6 is 0 Å². The SMILES string of the molecule is Cc1cc(C)c(C)c(S(=O)(=O)NCC2(N)CCC2)c1C. The topological polar surface area (TPSA) is 72.2 Å². The van der Waals surface area contributed by atoms with E-state index in [0.29, 0.717) is 11.4 Å². The molecule has 3 N–H and O–H groups in total. The van der Waals surface area contributed by atoms with Gasteiger partial charge in [-0.05, 0) is 69.2 Å². The molecule has 1 aromatic carbocycles. The normalized spacial score (nSPS) is 17.9. The molecule has 0 atom stereocenters. The van der Waals surface area contributed by atoms with Crippen molar-refractivity contribution in [2.75, 3.05) is 6.54 Å². The molecule has 0 saturated heterocycles. The number of hydrogen-bond donors (Lipinski definition) is 2. The molecule has 0 amide bonds. The summed E-state index contributed by atoms with van der Waals surface area (Å²) in [5.74, 6) is 0. The van der Waals surface area contributed by atoms with E-state index < -0.39 is 10.0 Å². The van der Waals surface area contributed by atoms with Crippen LogP contribution in [0.2, 0.25) is 0 Å². The van der Waals surface area contributed by atoms with E-state index in [9.17, 15) is 8.42 Å². The third-order valence-corrected chi connectivity index (χ3v) is 6.20. The van der Waals surface area contributed by atoms with Crippen LogP contribution in [0.25, 0.3) is 0 Å². The molecule has 5 heteroatoms. The lowest BCUT2D eigenvalue weighted by Gasteiger charge is -2.38. The van der Waals surface area contributed by atoms with E-state index in [1.165, 1.54) is 0 Å². The van der Waals surface area contributed by atoms with Crippen LogP contribution in [0.3, 0.4) is 0 Å². The minimum absolute atomic E-state index is 0.321. The molecule has 1 aliphatic carbocycles. The minimum atomic E-state index is -3.51. The van der Waals surface area contributed by atoms with Crippen molar-refractivity contribution in [2.45, 2.75) is 57.4 Å². The summed E-state index contributed by atoms with van der Waals surface area (Å²) in [6.45, 7) is 7.92. The van der Waals surface area contributed by atoms with Crippen molar-refractivity contribution >= 4 is 10.0 Å². The quantitative estimate of drug-likeness (QED) is 0.893. The Balaban J connectivity index is 2.34. The predicted molar refractivity (Wildman–Crippen MR) is 81.3 cm³/mol. The van der Waals surface area contributed by atoms with Gasteiger partial charge in [0.05, 0.1) is 4.90 Å². The highest BCUT2D eigenvalue weighted by Gasteiger charge is 2.34. The van der Waals surface area contributed by atoms with Crippen LogP contribution in [0.4, 0.5) is 0 Å². The van der Waals surface area contributed by atoms with Crippen LogP contribution in [0.15, 0.2) is 11.0 Å². The summed E-state index contributed by atoms with van der Waals surface area (Å²) < 4.78 is 27.9. The van der Waals surface area contributed by atoms with Crippen molar-refractivity contribution < 1.29 is 8.42 Å². The maximum absolute atomic E-state index is 12.6. The summed E-state index contributed by atoms with van der Waals surface area (Å²) in [6.07, 6.45) is 2.86. The molecule has 0 bridgehead atoms. The largest absolute Gasteiger partial charge is 0.324 e. The third kappa shape index (κ3) is 2.75. The summed E-state index contributed by atoms with van der Waals surface area (Å²) in [4.78, 5) is 0.415. The van der Waals surface area contributed by atoms with E-state index in [2.05, 4.69) is 4.72 Å². The van der Waals surface area contributed by atoms with Crippen LogP contribution in [0.1, 0.15) is 41.5 Å². The molecule has 0 aromatic heterocycles. The molecular weight excluding hydrogens is 272 g/mol. The van der Waals surface area contributed by atoms with E-state index >= 15 is 0 Å². The molecule has 1 saturated carbocycles. The van der Waals surface area contributed by atoms with E-state index in [1.807, 2.05) is 33.8 Å². The molecule has 0 heterocycles. The zero-order valence-corrected chi connectivity index (χ0v) is 13.5. The Morgan fingerprint density at radius 3 is 2.05 bits per heavy atom. The molecule has 2 rings (SSSR count). The van der Waals surface area contributed by atoms with Gasteiger partial charge in [-0.1, -0.05) is 6.07 Å². The summed E-state index contributed by atoms with van der Waals surface area (Å²) >= 11 is 0. The fourth-order valence-electron chi connectivity index (χ4n) is 2.70. The average Bonchev–Trinajstić information content (AvgIpc) is 2.32. The summed E-state index contributed by atoms with van der Waals surface area (Å²) in [5.41, 5.74) is 9.38. The van der Waals surface area contributed by atoms with Gasteiger partial charge in [0.1, 0.15) is 0 Å². The Bertz CT molecular complexity index is 606. The molecule has 0 aliphatic heterocycles. The Morgan fingerprint density at radius 2 is 1.65 bits per heavy atom. The van der Waals surface area contributed by atoms with Crippen molar-refractivity contribution in [1.29, 1.82) is 0 Å². The van der Waals surface area contributed by atoms with Gasteiger partial charge in [0.15, 0.2) is 0 Å². The molecule has 112 valence electrons. The molecule has 0 radical (unpaired) electrons. The molecule has 1 aromatic rings. The first-order valence-electron chi connectivity index (χ1n) is 7.02. The fourth-order valence-corrected chi connectivity index (χ4v) is 4.45. The second kappa shape index (κ2) is 5.13. The van der Waals surface area contributed by atoms with Crippen molar-refractivity contribution in [3.05, 3.63) is 28.3 Å². The van der Waals surface area contributed by atoms with E-state index in [-0.39, 0.29) is 5.54 Å². The van der Waals surface area contributed by atoms with Crippen molar-refractivity contribution in [3.63, 3.8) is 0 Å². The van der Waals surface area contributed by atoms with Gasteiger partial charge in [0, 0.05) is 12.1 Å². The molecule has 0 spiro atoms. The molecular formula is C15H24N2O2S. The summed E-state index contributed by atoms with van der Waals surface area (Å²) in [6, 6.07) is 2.03. The number of hydrogen-bond acceptors (Lipinski definition) is 3. The standard InChI is InChI=1S/C15H24N2O2S/c1-10-8-11(2)13(4)14(12(10)3)20(18,19)17-9-15(16)6-5-7-15/h8,17H,5-7,9,16H2,1-4H3. The average molecular weight is 296 g/mol. The second-order valence-electron chi connectivity index (χ2n) is 6.13. The Hall–Kier alpha value is -0.910. The lowest BCUT2D eigenvalue weighted by Crippen LogP contribution is -2.54. The lowest BCUT2D eigenvalue weighted by atomic mass is 9.78. The summed E-state index contributed by atoms with van der Waals surface area (Å²) in [5, 5.41) is 0. The zero-order valence-electron chi connectivity index (χ0n) is 12.7. The Kier molecular flexibility index (Phi) is 3.97. The van der Waals surface area contributed by atoms with Gasteiger partial charge in [-0.25, -0.2) is 13.1 Å². The highest BCUT2D eigenvalue weighted by Crippen LogP contribution is 2.30. The van der Waals surface area contributed by atoms with Gasteiger partial charge in [-0.15, -0.1) is 0 Å². The number of sulfonamides is 1. The van der Waals surface area contributed by atoms with Crippen LogP contribution in [-0.4, -0.2) is 20.5 Å². The van der Waals surface area contributed by atoms with Crippen molar-refractivity contribution in [1.82, 2.24) is 4.72 Å². The number of nitrogens with two attached hydrogens (primary N) is 1. The van der Waals surface area contributed by atoms with Crippen molar-refractivity contribution in [3.8, 4) is 0 Å². The van der Waals surface area contributed by atoms with Crippen molar-refractivity contribution in [2.24, 2.45) is 5.73 Å². The Labute approximate surface area is 121 Å². The maximum atomic E-state index is 12.6. The fraction of sp³-hybridized carbons (Fsp3) is 0.600. The number of nitrogens with one attached hydrogen (secondary N) is 1. The molecule has 1 aliphatic rings. The molecule has 20 heavy (non-hydrogen) atoms. The van der Waals surface area contributed by atoms with Gasteiger partial charge in [-0.3, -0.25) is 0 Å². The van der Waals surface area contributed by atoms with Gasteiger partial charge >= 0.3 is 0 Å². The summed E-state index contributed by atoms with van der Waals surface area (Å²) in [7, 11) is -3.51. The van der Waals surface area contributed by atoms with Gasteiger partial charge in [0.25, 0.3) is 0 Å². The first-order chi connectivity index (χ1) is 9.16. The highest BCUT2D eigenvalue weighted by molar-refractivity contribution is 7.89. The number of aryl methyl sites for hydroxylation is 2. The third-order valence-electron chi connectivity index (χ3n) is 4.53.